The van der Waals surface area contributed by atoms with Crippen molar-refractivity contribution in [1.82, 2.24) is 0 Å². The maximum Gasteiger partial charge on any atom is 0.418 e. The summed E-state index contributed by atoms with van der Waals surface area (Å²) >= 11 is 2.97. The number of hydrogen-bond acceptors (Lipinski definition) is 2. The van der Waals surface area contributed by atoms with Crippen LogP contribution in [-0.4, -0.2) is 0 Å². The zero-order valence-electron chi connectivity index (χ0n) is 9.84. The lowest BCUT2D eigenvalue weighted by molar-refractivity contribution is -0.137. The molecule has 0 radical (unpaired) electrons. The molecule has 2 aromatic carbocycles. The van der Waals surface area contributed by atoms with Crippen molar-refractivity contribution in [3.05, 3.63) is 52.3 Å². The van der Waals surface area contributed by atoms with Gasteiger partial charge >= 0.3 is 6.18 Å². The molecular formula is C13H8BrF4NO. The molecule has 0 bridgehead atoms. The van der Waals surface area contributed by atoms with Gasteiger partial charge in [-0.1, -0.05) is 0 Å². The first-order valence-electron chi connectivity index (χ1n) is 5.37. The largest absolute Gasteiger partial charge is 0.457 e. The highest BCUT2D eigenvalue weighted by Gasteiger charge is 2.33. The minimum atomic E-state index is -4.57. The van der Waals surface area contributed by atoms with Crippen LogP contribution in [0.25, 0.3) is 0 Å². The molecule has 0 aliphatic rings. The van der Waals surface area contributed by atoms with Crippen molar-refractivity contribution in [3.8, 4) is 11.5 Å². The molecule has 0 saturated heterocycles. The van der Waals surface area contributed by atoms with E-state index in [1.165, 1.54) is 18.2 Å². The maximum atomic E-state index is 13.3. The molecule has 0 aliphatic heterocycles. The Balaban J connectivity index is 2.32. The van der Waals surface area contributed by atoms with Gasteiger partial charge in [-0.25, -0.2) is 4.39 Å². The Morgan fingerprint density at radius 3 is 2.20 bits per heavy atom. The van der Waals surface area contributed by atoms with Crippen molar-refractivity contribution < 1.29 is 22.3 Å². The molecule has 106 valence electrons. The molecule has 0 aromatic heterocycles. The van der Waals surface area contributed by atoms with Gasteiger partial charge in [-0.15, -0.1) is 0 Å². The monoisotopic (exact) mass is 349 g/mol. The van der Waals surface area contributed by atoms with Gasteiger partial charge in [-0.2, -0.15) is 13.2 Å². The molecule has 0 spiro atoms. The van der Waals surface area contributed by atoms with E-state index in [0.29, 0.717) is 0 Å². The summed E-state index contributed by atoms with van der Waals surface area (Å²) in [5.74, 6) is -0.564. The fraction of sp³-hybridized carbons (Fsp3) is 0.0769. The summed E-state index contributed by atoms with van der Waals surface area (Å²) in [6.45, 7) is 0. The van der Waals surface area contributed by atoms with E-state index in [1.54, 1.807) is 0 Å². The van der Waals surface area contributed by atoms with Gasteiger partial charge in [0.2, 0.25) is 0 Å². The Morgan fingerprint density at radius 2 is 1.60 bits per heavy atom. The SMILES string of the molecule is Nc1ccc(Oc2ccc(Br)c(F)c2)cc1C(F)(F)F. The summed E-state index contributed by atoms with van der Waals surface area (Å²) in [5.41, 5.74) is 3.88. The van der Waals surface area contributed by atoms with Crippen molar-refractivity contribution in [2.75, 3.05) is 5.73 Å². The van der Waals surface area contributed by atoms with Crippen LogP contribution in [0, 0.1) is 5.82 Å². The highest BCUT2D eigenvalue weighted by Crippen LogP contribution is 2.37. The first kappa shape index (κ1) is 14.6. The molecule has 0 fully saturated rings. The van der Waals surface area contributed by atoms with Crippen molar-refractivity contribution in [2.45, 2.75) is 6.18 Å². The molecule has 0 unspecified atom stereocenters. The third-order valence-corrected chi connectivity index (χ3v) is 3.10. The highest BCUT2D eigenvalue weighted by atomic mass is 79.9. The third-order valence-electron chi connectivity index (χ3n) is 2.46. The lowest BCUT2D eigenvalue weighted by Gasteiger charge is -2.12. The number of benzene rings is 2. The topological polar surface area (TPSA) is 35.2 Å². The van der Waals surface area contributed by atoms with Crippen LogP contribution in [0.2, 0.25) is 0 Å². The molecule has 7 heteroatoms. The van der Waals surface area contributed by atoms with Gasteiger partial charge in [0.25, 0.3) is 0 Å². The molecule has 0 aliphatic carbocycles. The lowest BCUT2D eigenvalue weighted by Crippen LogP contribution is -2.08. The van der Waals surface area contributed by atoms with Crippen LogP contribution in [0.4, 0.5) is 23.2 Å². The number of rotatable bonds is 2. The molecule has 2 nitrogen and oxygen atoms in total. The van der Waals surface area contributed by atoms with Crippen LogP contribution in [0.5, 0.6) is 11.5 Å². The summed E-state index contributed by atoms with van der Waals surface area (Å²) in [4.78, 5) is 0. The Labute approximate surface area is 120 Å². The average Bonchev–Trinajstić information content (AvgIpc) is 2.35. The van der Waals surface area contributed by atoms with Gasteiger partial charge < -0.3 is 10.5 Å². The van der Waals surface area contributed by atoms with E-state index >= 15 is 0 Å². The maximum absolute atomic E-state index is 13.3. The van der Waals surface area contributed by atoms with Gasteiger partial charge in [0.1, 0.15) is 17.3 Å². The zero-order chi connectivity index (χ0) is 14.9. The molecule has 2 aromatic rings. The van der Waals surface area contributed by atoms with E-state index in [0.717, 1.165) is 18.2 Å². The second-order valence-electron chi connectivity index (χ2n) is 3.92. The molecule has 0 amide bonds. The Bertz CT molecular complexity index is 643. The van der Waals surface area contributed by atoms with Gasteiger partial charge in [0, 0.05) is 11.8 Å². The molecule has 2 rings (SSSR count). The van der Waals surface area contributed by atoms with Crippen LogP contribution in [0.15, 0.2) is 40.9 Å². The summed E-state index contributed by atoms with van der Waals surface area (Å²) in [6, 6.07) is 7.03. The van der Waals surface area contributed by atoms with Crippen LogP contribution in [-0.2, 0) is 6.18 Å². The zero-order valence-corrected chi connectivity index (χ0v) is 11.4. The second kappa shape index (κ2) is 5.32. The Hall–Kier alpha value is -1.76. The van der Waals surface area contributed by atoms with Gasteiger partial charge in [0.15, 0.2) is 0 Å². The van der Waals surface area contributed by atoms with E-state index < -0.39 is 23.2 Å². The Kier molecular flexibility index (Phi) is 3.89. The lowest BCUT2D eigenvalue weighted by atomic mass is 10.1. The summed E-state index contributed by atoms with van der Waals surface area (Å²) in [6.07, 6.45) is -4.57. The molecule has 0 saturated carbocycles. The fourth-order valence-corrected chi connectivity index (χ4v) is 1.77. The van der Waals surface area contributed by atoms with E-state index in [-0.39, 0.29) is 16.0 Å². The summed E-state index contributed by atoms with van der Waals surface area (Å²) in [5, 5.41) is 0. The minimum absolute atomic E-state index is 0.0757. The molecular weight excluding hydrogens is 342 g/mol. The number of anilines is 1. The van der Waals surface area contributed by atoms with Gasteiger partial charge in [-0.05, 0) is 46.3 Å². The number of nitrogen functional groups attached to an aromatic ring is 1. The summed E-state index contributed by atoms with van der Waals surface area (Å²) in [7, 11) is 0. The predicted octanol–water partition coefficient (Wildman–Crippen LogP) is 4.98. The first-order chi connectivity index (χ1) is 9.27. The summed E-state index contributed by atoms with van der Waals surface area (Å²) < 4.78 is 56.8. The average molecular weight is 350 g/mol. The predicted molar refractivity (Wildman–Crippen MR) is 70.0 cm³/mol. The molecule has 20 heavy (non-hydrogen) atoms. The number of halogens is 5. The van der Waals surface area contributed by atoms with Crippen molar-refractivity contribution >= 4 is 21.6 Å². The van der Waals surface area contributed by atoms with Gasteiger partial charge in [-0.3, -0.25) is 0 Å². The Morgan fingerprint density at radius 1 is 1.00 bits per heavy atom. The second-order valence-corrected chi connectivity index (χ2v) is 4.78. The van der Waals surface area contributed by atoms with Crippen molar-refractivity contribution in [1.29, 1.82) is 0 Å². The number of nitrogens with two attached hydrogens (primary N) is 1. The smallest absolute Gasteiger partial charge is 0.418 e. The van der Waals surface area contributed by atoms with Crippen molar-refractivity contribution in [2.24, 2.45) is 0 Å². The normalized spacial score (nSPS) is 11.4. The fourth-order valence-electron chi connectivity index (χ4n) is 1.52. The molecule has 0 heterocycles. The van der Waals surface area contributed by atoms with Crippen molar-refractivity contribution in [3.63, 3.8) is 0 Å². The quantitative estimate of drug-likeness (QED) is 0.612. The number of ether oxygens (including phenoxy) is 1. The van der Waals surface area contributed by atoms with Crippen LogP contribution >= 0.6 is 15.9 Å². The molecule has 0 atom stereocenters. The van der Waals surface area contributed by atoms with E-state index in [2.05, 4.69) is 15.9 Å². The molecule has 2 N–H and O–H groups in total. The minimum Gasteiger partial charge on any atom is -0.457 e. The van der Waals surface area contributed by atoms with E-state index in [4.69, 9.17) is 10.5 Å². The number of hydrogen-bond donors (Lipinski definition) is 1. The van der Waals surface area contributed by atoms with Crippen LogP contribution in [0.3, 0.4) is 0 Å². The first-order valence-corrected chi connectivity index (χ1v) is 6.16. The highest BCUT2D eigenvalue weighted by molar-refractivity contribution is 9.10. The van der Waals surface area contributed by atoms with E-state index in [9.17, 15) is 17.6 Å². The van der Waals surface area contributed by atoms with Crippen LogP contribution < -0.4 is 10.5 Å². The van der Waals surface area contributed by atoms with Gasteiger partial charge in [0.05, 0.1) is 10.0 Å². The number of alkyl halides is 3. The van der Waals surface area contributed by atoms with Crippen LogP contribution in [0.1, 0.15) is 5.56 Å². The third kappa shape index (κ3) is 3.22. The standard InChI is InChI=1S/C13H8BrF4NO/c14-10-3-1-8(6-11(10)15)20-7-2-4-12(19)9(5-7)13(16,17)18/h1-6H,19H2. The van der Waals surface area contributed by atoms with E-state index in [1.807, 2.05) is 0 Å².